The quantitative estimate of drug-likeness (QED) is 0.202. The van der Waals surface area contributed by atoms with E-state index in [9.17, 15) is 0 Å². The van der Waals surface area contributed by atoms with Crippen molar-refractivity contribution in [2.24, 2.45) is 0 Å². The van der Waals surface area contributed by atoms with Gasteiger partial charge in [-0.2, -0.15) is 0 Å². The minimum atomic E-state index is 1.15. The molecule has 0 fully saturated rings. The maximum Gasteiger partial charge on any atom is -0.00266 e. The van der Waals surface area contributed by atoms with E-state index in [1.807, 2.05) is 49.4 Å². The molecular formula is C40H40. The highest BCUT2D eigenvalue weighted by Gasteiger charge is 2.15. The average Bonchev–Trinajstić information content (AvgIpc) is 3.00. The SMILES string of the molecule is C=C/C=C\C(C)=C/C.C=Cc1c(C=C)c(-c2ccc3ccccc3c2)c2ccccc2c1C.Cc1ccccc1. The van der Waals surface area contributed by atoms with E-state index in [-0.39, 0.29) is 0 Å². The summed E-state index contributed by atoms with van der Waals surface area (Å²) in [5, 5.41) is 5.04. The summed E-state index contributed by atoms with van der Waals surface area (Å²) < 4.78 is 0. The van der Waals surface area contributed by atoms with Crippen LogP contribution in [0.15, 0.2) is 147 Å². The van der Waals surface area contributed by atoms with Crippen molar-refractivity contribution >= 4 is 33.7 Å². The normalized spacial score (nSPS) is 10.8. The molecule has 0 saturated carbocycles. The van der Waals surface area contributed by atoms with Crippen LogP contribution >= 0.6 is 0 Å². The molecule has 0 radical (unpaired) electrons. The Morgan fingerprint density at radius 2 is 1.25 bits per heavy atom. The van der Waals surface area contributed by atoms with E-state index in [2.05, 4.69) is 125 Å². The van der Waals surface area contributed by atoms with Crippen LogP contribution in [0.5, 0.6) is 0 Å². The van der Waals surface area contributed by atoms with Crippen molar-refractivity contribution in [3.63, 3.8) is 0 Å². The van der Waals surface area contributed by atoms with Crippen molar-refractivity contribution in [2.75, 3.05) is 0 Å². The van der Waals surface area contributed by atoms with E-state index in [1.54, 1.807) is 6.08 Å². The molecule has 0 spiro atoms. The van der Waals surface area contributed by atoms with E-state index in [0.717, 1.165) is 11.1 Å². The van der Waals surface area contributed by atoms with E-state index in [0.29, 0.717) is 0 Å². The van der Waals surface area contributed by atoms with Gasteiger partial charge < -0.3 is 0 Å². The molecule has 200 valence electrons. The molecule has 0 unspecified atom stereocenters. The Morgan fingerprint density at radius 3 is 1.82 bits per heavy atom. The monoisotopic (exact) mass is 520 g/mol. The first kappa shape index (κ1) is 29.9. The Bertz CT molecular complexity index is 1660. The van der Waals surface area contributed by atoms with Gasteiger partial charge in [0.15, 0.2) is 0 Å². The Labute approximate surface area is 241 Å². The fraction of sp³-hybridized carbons (Fsp3) is 0.100. The predicted octanol–water partition coefficient (Wildman–Crippen LogP) is 11.9. The third-order valence-corrected chi connectivity index (χ3v) is 6.90. The first-order chi connectivity index (χ1) is 19.4. The van der Waals surface area contributed by atoms with Crippen LogP contribution in [-0.4, -0.2) is 0 Å². The predicted molar refractivity (Wildman–Crippen MR) is 182 cm³/mol. The lowest BCUT2D eigenvalue weighted by Crippen LogP contribution is -1.95. The summed E-state index contributed by atoms with van der Waals surface area (Å²) in [4.78, 5) is 0. The molecule has 0 heteroatoms. The lowest BCUT2D eigenvalue weighted by atomic mass is 9.86. The third kappa shape index (κ3) is 7.46. The smallest absolute Gasteiger partial charge is 0.00266 e. The molecule has 0 aliphatic heterocycles. The van der Waals surface area contributed by atoms with Gasteiger partial charge in [-0.1, -0.05) is 158 Å². The van der Waals surface area contributed by atoms with Crippen LogP contribution in [0.4, 0.5) is 0 Å². The molecule has 0 aromatic heterocycles. The van der Waals surface area contributed by atoms with Gasteiger partial charge in [-0.15, -0.1) is 0 Å². The summed E-state index contributed by atoms with van der Waals surface area (Å²) in [5.74, 6) is 0. The summed E-state index contributed by atoms with van der Waals surface area (Å²) >= 11 is 0. The fourth-order valence-corrected chi connectivity index (χ4v) is 4.64. The number of fused-ring (bicyclic) bond motifs is 2. The highest BCUT2D eigenvalue weighted by molar-refractivity contribution is 6.06. The second-order valence-electron chi connectivity index (χ2n) is 9.63. The maximum atomic E-state index is 4.09. The van der Waals surface area contributed by atoms with E-state index >= 15 is 0 Å². The summed E-state index contributed by atoms with van der Waals surface area (Å²) in [6.07, 6.45) is 11.7. The van der Waals surface area contributed by atoms with Crippen LogP contribution in [0.1, 0.15) is 36.1 Å². The zero-order valence-electron chi connectivity index (χ0n) is 24.3. The van der Waals surface area contributed by atoms with Crippen LogP contribution < -0.4 is 0 Å². The molecule has 0 atom stereocenters. The zero-order chi connectivity index (χ0) is 28.9. The minimum absolute atomic E-state index is 1.15. The second-order valence-corrected chi connectivity index (χ2v) is 9.63. The first-order valence-corrected chi connectivity index (χ1v) is 13.7. The molecule has 0 bridgehead atoms. The van der Waals surface area contributed by atoms with E-state index in [4.69, 9.17) is 0 Å². The minimum Gasteiger partial charge on any atom is -0.0991 e. The van der Waals surface area contributed by atoms with Crippen molar-refractivity contribution in [2.45, 2.75) is 27.7 Å². The van der Waals surface area contributed by atoms with Gasteiger partial charge in [0.1, 0.15) is 0 Å². The van der Waals surface area contributed by atoms with Crippen molar-refractivity contribution < 1.29 is 0 Å². The summed E-state index contributed by atoms with van der Waals surface area (Å²) in [6, 6.07) is 34.0. The van der Waals surface area contributed by atoms with E-state index < -0.39 is 0 Å². The van der Waals surface area contributed by atoms with Gasteiger partial charge in [0.2, 0.25) is 0 Å². The number of rotatable bonds is 5. The molecule has 5 aromatic rings. The summed E-state index contributed by atoms with van der Waals surface area (Å²) in [5.41, 5.74) is 8.61. The molecule has 0 saturated heterocycles. The highest BCUT2D eigenvalue weighted by Crippen LogP contribution is 2.39. The maximum absolute atomic E-state index is 4.09. The number of hydrogen-bond acceptors (Lipinski definition) is 0. The van der Waals surface area contributed by atoms with Gasteiger partial charge in [-0.25, -0.2) is 0 Å². The Morgan fingerprint density at radius 1 is 0.650 bits per heavy atom. The highest BCUT2D eigenvalue weighted by atomic mass is 14.2. The Kier molecular flexibility index (Phi) is 11.2. The molecule has 40 heavy (non-hydrogen) atoms. The number of hydrogen-bond donors (Lipinski definition) is 0. The average molecular weight is 521 g/mol. The topological polar surface area (TPSA) is 0 Å². The number of aryl methyl sites for hydroxylation is 2. The van der Waals surface area contributed by atoms with Crippen molar-refractivity contribution in [3.8, 4) is 11.1 Å². The molecule has 0 N–H and O–H groups in total. The fourth-order valence-electron chi connectivity index (χ4n) is 4.64. The molecule has 5 rings (SSSR count). The number of allylic oxidation sites excluding steroid dienone is 5. The van der Waals surface area contributed by atoms with Crippen LogP contribution in [0.2, 0.25) is 0 Å². The van der Waals surface area contributed by atoms with Crippen LogP contribution in [0.25, 0.3) is 44.8 Å². The molecule has 0 aliphatic carbocycles. The lowest BCUT2D eigenvalue weighted by molar-refractivity contribution is 1.48. The van der Waals surface area contributed by atoms with Crippen molar-refractivity contribution in [1.82, 2.24) is 0 Å². The molecule has 0 heterocycles. The molecule has 0 amide bonds. The summed E-state index contributed by atoms with van der Waals surface area (Å²) in [7, 11) is 0. The molecule has 5 aromatic carbocycles. The van der Waals surface area contributed by atoms with Gasteiger partial charge >= 0.3 is 0 Å². The van der Waals surface area contributed by atoms with E-state index in [1.165, 1.54) is 49.4 Å². The first-order valence-electron chi connectivity index (χ1n) is 13.7. The third-order valence-electron chi connectivity index (χ3n) is 6.90. The van der Waals surface area contributed by atoms with Crippen molar-refractivity contribution in [3.05, 3.63) is 169 Å². The van der Waals surface area contributed by atoms with Gasteiger partial charge in [-0.05, 0) is 83.1 Å². The van der Waals surface area contributed by atoms with Crippen molar-refractivity contribution in [1.29, 1.82) is 0 Å². The molecule has 0 nitrogen and oxygen atoms in total. The van der Waals surface area contributed by atoms with Crippen LogP contribution in [0.3, 0.4) is 0 Å². The van der Waals surface area contributed by atoms with Crippen LogP contribution in [0, 0.1) is 13.8 Å². The Balaban J connectivity index is 0.000000241. The summed E-state index contributed by atoms with van der Waals surface area (Å²) in [6.45, 7) is 20.0. The van der Waals surface area contributed by atoms with Gasteiger partial charge in [0, 0.05) is 0 Å². The van der Waals surface area contributed by atoms with Gasteiger partial charge in [0.25, 0.3) is 0 Å². The van der Waals surface area contributed by atoms with Crippen LogP contribution in [-0.2, 0) is 0 Å². The Hall–Kier alpha value is -4.68. The molecule has 0 aliphatic rings. The van der Waals surface area contributed by atoms with Gasteiger partial charge in [0.05, 0.1) is 0 Å². The van der Waals surface area contributed by atoms with Gasteiger partial charge in [-0.3, -0.25) is 0 Å². The largest absolute Gasteiger partial charge is 0.0991 e. The molecular weight excluding hydrogens is 480 g/mol. The number of benzene rings is 5. The zero-order valence-corrected chi connectivity index (χ0v) is 24.3. The standard InChI is InChI=1S/C25H20.C8H12.C7H8/c1-4-21-17(3)23-12-8-9-13-24(23)25(22(21)5-2)20-15-14-18-10-6-7-11-19(18)16-20;1-4-6-7-8(3)5-2;1-7-5-3-2-4-6-7/h4-16H,1-2H2,3H3;4-7H,1H2,2-3H3;2-6H,1H3/b;7-6-,8-5-;. The lowest BCUT2D eigenvalue weighted by Gasteiger charge is -2.18. The second kappa shape index (κ2) is 15.0.